The molecule has 41 heavy (non-hydrogen) atoms. The molecule has 1 heterocycles. The highest BCUT2D eigenvalue weighted by molar-refractivity contribution is 7.88. The number of carbonyl (C=O) groups is 3. The van der Waals surface area contributed by atoms with E-state index < -0.39 is 39.6 Å². The van der Waals surface area contributed by atoms with Crippen LogP contribution in [-0.4, -0.2) is 54.7 Å². The zero-order valence-corrected chi connectivity index (χ0v) is 23.0. The number of nitrogens with zero attached hydrogens (tertiary/aromatic N) is 1. The number of nitrogen functional groups attached to an aromatic ring is 1. The molecule has 2 aromatic carbocycles. The Kier molecular flexibility index (Phi) is 11.1. The van der Waals surface area contributed by atoms with E-state index in [4.69, 9.17) is 16.2 Å². The fourth-order valence-corrected chi connectivity index (χ4v) is 5.24. The van der Waals surface area contributed by atoms with Crippen molar-refractivity contribution in [2.24, 2.45) is 5.73 Å². The number of rotatable bonds is 15. The summed E-state index contributed by atoms with van der Waals surface area (Å²) >= 11 is 0. The lowest BCUT2D eigenvalue weighted by molar-refractivity contribution is -0.136. The monoisotopic (exact) mass is 580 g/mol. The highest BCUT2D eigenvalue weighted by Crippen LogP contribution is 2.11. The van der Waals surface area contributed by atoms with Crippen LogP contribution in [0.15, 0.2) is 73.1 Å². The Bertz CT molecular complexity index is 1460. The van der Waals surface area contributed by atoms with Gasteiger partial charge in [0.1, 0.15) is 11.9 Å². The maximum atomic E-state index is 13.0. The van der Waals surface area contributed by atoms with Gasteiger partial charge in [-0.2, -0.15) is 0 Å². The lowest BCUT2D eigenvalue weighted by Crippen LogP contribution is -2.49. The molecule has 1 aromatic heterocycles. The van der Waals surface area contributed by atoms with E-state index in [9.17, 15) is 22.8 Å². The number of aliphatic carboxylic acids is 1. The predicted molar refractivity (Wildman–Crippen MR) is 152 cm³/mol. The second-order valence-corrected chi connectivity index (χ2v) is 11.1. The van der Waals surface area contributed by atoms with E-state index >= 15 is 0 Å². The molecule has 7 N–H and O–H groups in total. The minimum atomic E-state index is -3.98. The molecule has 2 amide bonds. The topological polar surface area (TPSA) is 204 Å². The molecule has 0 radical (unpaired) electrons. The minimum Gasteiger partial charge on any atom is -0.481 e. The fourth-order valence-electron chi connectivity index (χ4n) is 3.87. The molecule has 0 aliphatic heterocycles. The third kappa shape index (κ3) is 10.8. The first-order valence-corrected chi connectivity index (χ1v) is 14.3. The second kappa shape index (κ2) is 14.7. The van der Waals surface area contributed by atoms with Crippen LogP contribution in [-0.2, 0) is 49.5 Å². The van der Waals surface area contributed by atoms with Crippen molar-refractivity contribution in [1.82, 2.24) is 20.3 Å². The van der Waals surface area contributed by atoms with Crippen molar-refractivity contribution in [2.45, 2.75) is 37.6 Å². The summed E-state index contributed by atoms with van der Waals surface area (Å²) in [6.45, 7) is -0.168. The third-order valence-electron chi connectivity index (χ3n) is 6.02. The molecule has 0 saturated heterocycles. The predicted octanol–water partition coefficient (Wildman–Crippen LogP) is 0.846. The number of benzene rings is 2. The van der Waals surface area contributed by atoms with Crippen LogP contribution in [0.3, 0.4) is 0 Å². The molecular formula is C28H32N6O6S. The van der Waals surface area contributed by atoms with Crippen LogP contribution in [0.25, 0.3) is 0 Å². The van der Waals surface area contributed by atoms with E-state index in [-0.39, 0.29) is 31.8 Å². The summed E-state index contributed by atoms with van der Waals surface area (Å²) in [4.78, 5) is 40.2. The smallest absolute Gasteiger partial charge is 0.307 e. The van der Waals surface area contributed by atoms with Gasteiger partial charge in [0.2, 0.25) is 21.8 Å². The van der Waals surface area contributed by atoms with Crippen LogP contribution in [0.2, 0.25) is 0 Å². The summed E-state index contributed by atoms with van der Waals surface area (Å²) in [7, 11) is -3.98. The van der Waals surface area contributed by atoms with Crippen LogP contribution in [0, 0.1) is 5.41 Å². The summed E-state index contributed by atoms with van der Waals surface area (Å²) in [6, 6.07) is 15.3. The number of amidine groups is 1. The van der Waals surface area contributed by atoms with Gasteiger partial charge in [-0.15, -0.1) is 0 Å². The van der Waals surface area contributed by atoms with Crippen LogP contribution < -0.4 is 21.1 Å². The quantitative estimate of drug-likeness (QED) is 0.112. The molecule has 1 unspecified atom stereocenters. The van der Waals surface area contributed by atoms with Gasteiger partial charge in [-0.3, -0.25) is 24.8 Å². The number of nitrogens with one attached hydrogen (secondary N) is 4. The van der Waals surface area contributed by atoms with Crippen LogP contribution in [0.4, 0.5) is 0 Å². The van der Waals surface area contributed by atoms with Gasteiger partial charge in [0.25, 0.3) is 0 Å². The minimum absolute atomic E-state index is 0.0638. The first kappa shape index (κ1) is 30.9. The van der Waals surface area contributed by atoms with Crippen molar-refractivity contribution in [2.75, 3.05) is 6.54 Å². The van der Waals surface area contributed by atoms with E-state index in [1.54, 1.807) is 60.9 Å². The maximum absolute atomic E-state index is 13.0. The number of aromatic nitrogens is 1. The summed E-state index contributed by atoms with van der Waals surface area (Å²) < 4.78 is 28.4. The number of carboxylic acids is 1. The van der Waals surface area contributed by atoms with Crippen molar-refractivity contribution in [3.63, 3.8) is 0 Å². The first-order chi connectivity index (χ1) is 19.5. The number of carbonyl (C=O) groups excluding carboxylic acids is 2. The van der Waals surface area contributed by atoms with E-state index in [0.29, 0.717) is 23.1 Å². The standard InChI is InChI=1S/C28H32N6O6S/c29-27(30)23-8-5-21(6-9-23)16-32-25(35)17-33-28(38)24(10-7-19-11-13-31-14-12-19)34-41(39,40)18-22-3-1-20(2-4-22)15-26(36)37/h1-6,8-9,11-14,24,34H,7,10,15-18H2,(H3,29,30)(H,32,35)(H,33,38)(H,36,37). The van der Waals surface area contributed by atoms with Crippen molar-refractivity contribution >= 4 is 33.6 Å². The van der Waals surface area contributed by atoms with E-state index in [1.807, 2.05) is 0 Å². The lowest BCUT2D eigenvalue weighted by Gasteiger charge is -2.19. The Morgan fingerprint density at radius 2 is 1.49 bits per heavy atom. The molecular weight excluding hydrogens is 548 g/mol. The molecule has 13 heteroatoms. The number of hydrogen-bond donors (Lipinski definition) is 6. The van der Waals surface area contributed by atoms with Crippen molar-refractivity contribution in [1.29, 1.82) is 5.41 Å². The number of carboxylic acid groups (broad SMARTS) is 1. The van der Waals surface area contributed by atoms with Gasteiger partial charge in [-0.1, -0.05) is 48.5 Å². The molecule has 3 rings (SSSR count). The Balaban J connectivity index is 1.60. The molecule has 1 atom stereocenters. The maximum Gasteiger partial charge on any atom is 0.307 e. The van der Waals surface area contributed by atoms with Gasteiger partial charge >= 0.3 is 5.97 Å². The molecule has 3 aromatic rings. The fraction of sp³-hybridized carbons (Fsp3) is 0.250. The molecule has 0 saturated carbocycles. The SMILES string of the molecule is N=C(N)c1ccc(CNC(=O)CNC(=O)C(CCc2ccncc2)NS(=O)(=O)Cc2ccc(CC(=O)O)cc2)cc1. The van der Waals surface area contributed by atoms with Crippen molar-refractivity contribution < 1.29 is 27.9 Å². The number of aryl methyl sites for hydroxylation is 1. The first-order valence-electron chi connectivity index (χ1n) is 12.7. The second-order valence-electron chi connectivity index (χ2n) is 9.32. The molecule has 0 spiro atoms. The van der Waals surface area contributed by atoms with Crippen LogP contribution in [0.5, 0.6) is 0 Å². The Morgan fingerprint density at radius 1 is 0.878 bits per heavy atom. The largest absolute Gasteiger partial charge is 0.481 e. The molecule has 0 aliphatic rings. The van der Waals surface area contributed by atoms with Crippen molar-refractivity contribution in [3.8, 4) is 0 Å². The lowest BCUT2D eigenvalue weighted by atomic mass is 10.1. The molecule has 0 aliphatic carbocycles. The van der Waals surface area contributed by atoms with Gasteiger partial charge in [0.15, 0.2) is 0 Å². The number of nitrogens with two attached hydrogens (primary N) is 1. The molecule has 0 bridgehead atoms. The van der Waals surface area contributed by atoms with E-state index in [1.165, 1.54) is 12.1 Å². The zero-order valence-electron chi connectivity index (χ0n) is 22.2. The highest BCUT2D eigenvalue weighted by Gasteiger charge is 2.25. The van der Waals surface area contributed by atoms with Gasteiger partial charge in [0, 0.05) is 24.5 Å². The number of pyridine rings is 1. The van der Waals surface area contributed by atoms with Crippen LogP contribution >= 0.6 is 0 Å². The van der Waals surface area contributed by atoms with E-state index in [0.717, 1.165) is 11.1 Å². The number of amides is 2. The number of hydrogen-bond acceptors (Lipinski definition) is 7. The summed E-state index contributed by atoms with van der Waals surface area (Å²) in [6.07, 6.45) is 3.54. The summed E-state index contributed by atoms with van der Waals surface area (Å²) in [5.41, 5.74) is 8.59. The van der Waals surface area contributed by atoms with Crippen molar-refractivity contribution in [3.05, 3.63) is 101 Å². The average Bonchev–Trinajstić information content (AvgIpc) is 2.94. The van der Waals surface area contributed by atoms with Gasteiger partial charge in [-0.05, 0) is 47.2 Å². The number of sulfonamides is 1. The Hall–Kier alpha value is -4.62. The van der Waals surface area contributed by atoms with Crippen LogP contribution in [0.1, 0.15) is 34.2 Å². The normalized spacial score (nSPS) is 11.8. The van der Waals surface area contributed by atoms with Gasteiger partial charge in [-0.25, -0.2) is 13.1 Å². The molecule has 0 fully saturated rings. The zero-order chi connectivity index (χ0) is 29.8. The van der Waals surface area contributed by atoms with Gasteiger partial charge < -0.3 is 21.5 Å². The summed E-state index contributed by atoms with van der Waals surface area (Å²) in [5.74, 6) is -2.59. The Labute approximate surface area is 237 Å². The molecule has 12 nitrogen and oxygen atoms in total. The molecule has 216 valence electrons. The third-order valence-corrected chi connectivity index (χ3v) is 7.38. The highest BCUT2D eigenvalue weighted by atomic mass is 32.2. The summed E-state index contributed by atoms with van der Waals surface area (Å²) in [5, 5.41) is 21.5. The average molecular weight is 581 g/mol. The van der Waals surface area contributed by atoms with E-state index in [2.05, 4.69) is 20.3 Å². The Morgan fingerprint density at radius 3 is 2.10 bits per heavy atom. The van der Waals surface area contributed by atoms with Gasteiger partial charge in [0.05, 0.1) is 18.7 Å².